The van der Waals surface area contributed by atoms with Gasteiger partial charge in [0, 0.05) is 5.69 Å². The average Bonchev–Trinajstić information content (AvgIpc) is 2.54. The minimum absolute atomic E-state index is 0.0266. The first kappa shape index (κ1) is 19.2. The molecule has 0 saturated heterocycles. The number of benzene rings is 2. The van der Waals surface area contributed by atoms with E-state index in [1.807, 2.05) is 0 Å². The van der Waals surface area contributed by atoms with Crippen LogP contribution in [0.5, 0.6) is 5.75 Å². The van der Waals surface area contributed by atoms with E-state index in [4.69, 9.17) is 27.9 Å². The number of nitrogens with one attached hydrogen (secondary N) is 2. The first-order valence-electron chi connectivity index (χ1n) is 7.06. The Morgan fingerprint density at radius 3 is 2.48 bits per heavy atom. The van der Waals surface area contributed by atoms with Crippen LogP contribution in [0.1, 0.15) is 5.56 Å². The molecule has 2 amide bonds. The molecule has 0 atom stereocenters. The molecule has 2 rings (SSSR count). The third-order valence-electron chi connectivity index (χ3n) is 3.01. The molecule has 0 saturated carbocycles. The van der Waals surface area contributed by atoms with Gasteiger partial charge in [-0.1, -0.05) is 35.3 Å². The van der Waals surface area contributed by atoms with E-state index in [9.17, 15) is 18.0 Å². The summed E-state index contributed by atoms with van der Waals surface area (Å²) in [4.78, 5) is 11.7. The number of ether oxygens (including phenoxy) is 1. The first-order valence-corrected chi connectivity index (χ1v) is 7.82. The maximum atomic E-state index is 12.8. The summed E-state index contributed by atoms with van der Waals surface area (Å²) in [6.45, 7) is 0.280. The number of anilines is 1. The highest BCUT2D eigenvalue weighted by molar-refractivity contribution is 6.32. The lowest BCUT2D eigenvalue weighted by Crippen LogP contribution is -2.32. The van der Waals surface area contributed by atoms with E-state index in [-0.39, 0.29) is 18.8 Å². The van der Waals surface area contributed by atoms with Crippen molar-refractivity contribution >= 4 is 34.9 Å². The Morgan fingerprint density at radius 1 is 1.08 bits per heavy atom. The van der Waals surface area contributed by atoms with Crippen LogP contribution in [-0.2, 0) is 6.18 Å². The quantitative estimate of drug-likeness (QED) is 0.685. The summed E-state index contributed by atoms with van der Waals surface area (Å²) >= 11 is 11.4. The second-order valence-electron chi connectivity index (χ2n) is 4.85. The molecule has 0 aromatic heterocycles. The Labute approximate surface area is 151 Å². The number of carbonyl (C=O) groups is 1. The minimum Gasteiger partial charge on any atom is -0.490 e. The first-order chi connectivity index (χ1) is 11.8. The summed E-state index contributed by atoms with van der Waals surface area (Å²) in [7, 11) is 0. The topological polar surface area (TPSA) is 50.4 Å². The van der Waals surface area contributed by atoms with Crippen molar-refractivity contribution in [1.29, 1.82) is 0 Å². The fraction of sp³-hybridized carbons (Fsp3) is 0.188. The van der Waals surface area contributed by atoms with Gasteiger partial charge in [0.15, 0.2) is 0 Å². The number of hydrogen-bond acceptors (Lipinski definition) is 2. The lowest BCUT2D eigenvalue weighted by Gasteiger charge is -2.12. The highest BCUT2D eigenvalue weighted by Gasteiger charge is 2.33. The second kappa shape index (κ2) is 8.31. The van der Waals surface area contributed by atoms with Crippen LogP contribution >= 0.6 is 23.2 Å². The van der Waals surface area contributed by atoms with E-state index in [2.05, 4.69) is 10.6 Å². The molecule has 0 heterocycles. The molecule has 2 aromatic carbocycles. The maximum Gasteiger partial charge on any atom is 0.417 e. The fourth-order valence-corrected chi connectivity index (χ4v) is 2.30. The molecule has 9 heteroatoms. The van der Waals surface area contributed by atoms with Crippen molar-refractivity contribution in [3.05, 3.63) is 58.1 Å². The normalized spacial score (nSPS) is 11.1. The van der Waals surface area contributed by atoms with E-state index in [1.165, 1.54) is 6.07 Å². The van der Waals surface area contributed by atoms with Gasteiger partial charge in [-0.25, -0.2) is 4.79 Å². The van der Waals surface area contributed by atoms with Gasteiger partial charge in [-0.05, 0) is 30.3 Å². The number of alkyl halides is 3. The molecule has 0 aliphatic carbocycles. The van der Waals surface area contributed by atoms with Gasteiger partial charge in [0.05, 0.1) is 22.2 Å². The molecule has 0 fully saturated rings. The van der Waals surface area contributed by atoms with Gasteiger partial charge in [0.2, 0.25) is 0 Å². The Kier molecular flexibility index (Phi) is 6.39. The Hall–Kier alpha value is -2.12. The zero-order chi connectivity index (χ0) is 18.4. The highest BCUT2D eigenvalue weighted by Crippen LogP contribution is 2.36. The lowest BCUT2D eigenvalue weighted by atomic mass is 10.2. The molecular formula is C16H13Cl2F3N2O2. The van der Waals surface area contributed by atoms with Gasteiger partial charge in [0.1, 0.15) is 12.4 Å². The van der Waals surface area contributed by atoms with Gasteiger partial charge in [-0.2, -0.15) is 13.2 Å². The van der Waals surface area contributed by atoms with Gasteiger partial charge < -0.3 is 15.4 Å². The van der Waals surface area contributed by atoms with Crippen LogP contribution in [0.2, 0.25) is 10.0 Å². The molecule has 0 spiro atoms. The van der Waals surface area contributed by atoms with Crippen LogP contribution in [0.4, 0.5) is 23.7 Å². The molecule has 25 heavy (non-hydrogen) atoms. The molecule has 0 aliphatic rings. The lowest BCUT2D eigenvalue weighted by molar-refractivity contribution is -0.137. The predicted octanol–water partition coefficient (Wildman–Crippen LogP) is 5.21. The molecule has 4 nitrogen and oxygen atoms in total. The third kappa shape index (κ3) is 5.72. The number of carbonyl (C=O) groups excluding carboxylic acids is 1. The molecule has 0 bridgehead atoms. The van der Waals surface area contributed by atoms with E-state index >= 15 is 0 Å². The van der Waals surface area contributed by atoms with Gasteiger partial charge in [-0.15, -0.1) is 0 Å². The largest absolute Gasteiger partial charge is 0.490 e. The number of rotatable bonds is 5. The van der Waals surface area contributed by atoms with Crippen molar-refractivity contribution in [2.75, 3.05) is 18.5 Å². The van der Waals surface area contributed by atoms with Crippen molar-refractivity contribution in [1.82, 2.24) is 5.32 Å². The van der Waals surface area contributed by atoms with E-state index in [1.54, 1.807) is 24.3 Å². The maximum absolute atomic E-state index is 12.8. The van der Waals surface area contributed by atoms with Crippen molar-refractivity contribution in [2.45, 2.75) is 6.18 Å². The van der Waals surface area contributed by atoms with E-state index in [0.29, 0.717) is 10.8 Å². The summed E-state index contributed by atoms with van der Waals surface area (Å²) in [6, 6.07) is 9.28. The SMILES string of the molecule is O=C(NCCOc1ccccc1Cl)Nc1ccc(Cl)c(C(F)(F)F)c1. The number of urea groups is 1. The van der Waals surface area contributed by atoms with Crippen molar-refractivity contribution in [3.8, 4) is 5.75 Å². The van der Waals surface area contributed by atoms with Crippen LogP contribution in [0.25, 0.3) is 0 Å². The zero-order valence-electron chi connectivity index (χ0n) is 12.7. The Bertz CT molecular complexity index is 754. The van der Waals surface area contributed by atoms with Gasteiger partial charge >= 0.3 is 12.2 Å². The monoisotopic (exact) mass is 392 g/mol. The summed E-state index contributed by atoms with van der Waals surface area (Å²) in [6.07, 6.45) is -4.60. The van der Waals surface area contributed by atoms with E-state index < -0.39 is 22.8 Å². The summed E-state index contributed by atoms with van der Waals surface area (Å²) in [5.74, 6) is 0.471. The summed E-state index contributed by atoms with van der Waals surface area (Å²) in [5.41, 5.74) is -1.05. The smallest absolute Gasteiger partial charge is 0.417 e. The third-order valence-corrected chi connectivity index (χ3v) is 3.65. The van der Waals surface area contributed by atoms with Crippen molar-refractivity contribution in [3.63, 3.8) is 0 Å². The number of amides is 2. The van der Waals surface area contributed by atoms with Crippen LogP contribution in [0, 0.1) is 0 Å². The summed E-state index contributed by atoms with van der Waals surface area (Å²) in [5, 5.41) is 4.76. The number of hydrogen-bond donors (Lipinski definition) is 2. The molecule has 0 unspecified atom stereocenters. The average molecular weight is 393 g/mol. The molecule has 134 valence electrons. The van der Waals surface area contributed by atoms with Gasteiger partial charge in [-0.3, -0.25) is 0 Å². The number of para-hydroxylation sites is 1. The fourth-order valence-electron chi connectivity index (χ4n) is 1.88. The van der Waals surface area contributed by atoms with Crippen LogP contribution in [0.3, 0.4) is 0 Å². The molecule has 0 aliphatic heterocycles. The molecule has 2 aromatic rings. The van der Waals surface area contributed by atoms with Crippen molar-refractivity contribution in [2.24, 2.45) is 0 Å². The Balaban J connectivity index is 1.84. The van der Waals surface area contributed by atoms with Crippen LogP contribution in [-0.4, -0.2) is 19.2 Å². The number of halogens is 5. The minimum atomic E-state index is -4.60. The molecule has 0 radical (unpaired) electrons. The standard InChI is InChI=1S/C16H13Cl2F3N2O2/c17-12-6-5-10(9-11(12)16(19,20)21)23-15(24)22-7-8-25-14-4-2-1-3-13(14)18/h1-6,9H,7-8H2,(H2,22,23,24). The molecule has 2 N–H and O–H groups in total. The van der Waals surface area contributed by atoms with Gasteiger partial charge in [0.25, 0.3) is 0 Å². The Morgan fingerprint density at radius 2 is 1.80 bits per heavy atom. The highest BCUT2D eigenvalue weighted by atomic mass is 35.5. The summed E-state index contributed by atoms with van der Waals surface area (Å²) < 4.78 is 43.7. The van der Waals surface area contributed by atoms with E-state index in [0.717, 1.165) is 12.1 Å². The van der Waals surface area contributed by atoms with Crippen LogP contribution < -0.4 is 15.4 Å². The molecular weight excluding hydrogens is 380 g/mol. The zero-order valence-corrected chi connectivity index (χ0v) is 14.2. The second-order valence-corrected chi connectivity index (χ2v) is 5.67. The van der Waals surface area contributed by atoms with Crippen LogP contribution in [0.15, 0.2) is 42.5 Å². The predicted molar refractivity (Wildman–Crippen MR) is 90.4 cm³/mol. The van der Waals surface area contributed by atoms with Crippen molar-refractivity contribution < 1.29 is 22.7 Å².